The van der Waals surface area contributed by atoms with Crippen molar-refractivity contribution in [3.8, 4) is 5.75 Å². The summed E-state index contributed by atoms with van der Waals surface area (Å²) in [7, 11) is 1.39. The van der Waals surface area contributed by atoms with Crippen molar-refractivity contribution in [2.45, 2.75) is 12.8 Å². The monoisotopic (exact) mass is 303 g/mol. The molecule has 1 saturated carbocycles. The molecule has 1 aromatic carbocycles. The van der Waals surface area contributed by atoms with Crippen molar-refractivity contribution >= 4 is 11.9 Å². The van der Waals surface area contributed by atoms with Gasteiger partial charge in [0.15, 0.2) is 11.6 Å². The van der Waals surface area contributed by atoms with Crippen molar-refractivity contribution in [1.82, 2.24) is 5.32 Å². The summed E-state index contributed by atoms with van der Waals surface area (Å²) in [5, 5.41) is 13.2. The Morgan fingerprint density at radius 2 is 2.14 bits per heavy atom. The van der Waals surface area contributed by atoms with Gasteiger partial charge in [-0.1, -0.05) is 6.07 Å². The van der Waals surface area contributed by atoms with Gasteiger partial charge in [0.05, 0.1) is 7.11 Å². The average molecular weight is 303 g/mol. The summed E-state index contributed by atoms with van der Waals surface area (Å²) in [6, 6.07) is 4.60. The standard InChI is InChI=1S/C14H16FNO4.Na/c1-20-12-3-2-8(6-11(12)15)4-5-16-13(17)9-7-10(9)14(18)19;/h2-3,6,9-10H,4-5,7H2,1H3,(H,16,17)(H,18,19);/q;+1/p-1/t9-,10+;/m1./s1. The number of rotatable bonds is 6. The largest absolute Gasteiger partial charge is 1.00 e. The van der Waals surface area contributed by atoms with Crippen molar-refractivity contribution in [2.24, 2.45) is 11.8 Å². The maximum Gasteiger partial charge on any atom is 1.00 e. The Labute approximate surface area is 144 Å². The molecule has 0 aromatic heterocycles. The molecule has 5 nitrogen and oxygen atoms in total. The predicted octanol–water partition coefficient (Wildman–Crippen LogP) is -3.12. The van der Waals surface area contributed by atoms with E-state index in [4.69, 9.17) is 4.74 Å². The van der Waals surface area contributed by atoms with Gasteiger partial charge in [0, 0.05) is 24.3 Å². The van der Waals surface area contributed by atoms with Crippen LogP contribution in [0.2, 0.25) is 0 Å². The van der Waals surface area contributed by atoms with E-state index in [-0.39, 0.29) is 41.2 Å². The van der Waals surface area contributed by atoms with Crippen molar-refractivity contribution in [3.63, 3.8) is 0 Å². The fraction of sp³-hybridized carbons (Fsp3) is 0.429. The summed E-state index contributed by atoms with van der Waals surface area (Å²) < 4.78 is 18.2. The number of ether oxygens (including phenoxy) is 1. The third-order valence-corrected chi connectivity index (χ3v) is 3.36. The number of nitrogens with one attached hydrogen (secondary N) is 1. The summed E-state index contributed by atoms with van der Waals surface area (Å²) in [6.07, 6.45) is 0.806. The van der Waals surface area contributed by atoms with Gasteiger partial charge in [-0.15, -0.1) is 0 Å². The molecule has 1 N–H and O–H groups in total. The second kappa shape index (κ2) is 7.77. The molecule has 0 heterocycles. The third-order valence-electron chi connectivity index (χ3n) is 3.36. The van der Waals surface area contributed by atoms with Crippen molar-refractivity contribution in [2.75, 3.05) is 13.7 Å². The number of benzene rings is 1. The topological polar surface area (TPSA) is 78.5 Å². The first kappa shape index (κ1) is 17.9. The zero-order valence-corrected chi connectivity index (χ0v) is 14.0. The molecular weight excluding hydrogens is 288 g/mol. The maximum atomic E-state index is 13.4. The van der Waals surface area contributed by atoms with Crippen LogP contribution in [-0.2, 0) is 16.0 Å². The van der Waals surface area contributed by atoms with Crippen molar-refractivity contribution in [1.29, 1.82) is 0 Å². The van der Waals surface area contributed by atoms with E-state index in [1.54, 1.807) is 6.07 Å². The van der Waals surface area contributed by atoms with Gasteiger partial charge in [-0.25, -0.2) is 4.39 Å². The summed E-state index contributed by atoms with van der Waals surface area (Å²) in [5.74, 6) is -2.88. The van der Waals surface area contributed by atoms with E-state index in [2.05, 4.69) is 5.32 Å². The minimum atomic E-state index is -1.18. The van der Waals surface area contributed by atoms with Crippen LogP contribution in [0.1, 0.15) is 12.0 Å². The molecule has 0 bridgehead atoms. The van der Waals surface area contributed by atoms with E-state index >= 15 is 0 Å². The van der Waals surface area contributed by atoms with Gasteiger partial charge in [-0.2, -0.15) is 0 Å². The normalized spacial score (nSPS) is 19.3. The zero-order chi connectivity index (χ0) is 14.7. The average Bonchev–Trinajstić information content (AvgIpc) is 3.19. The molecule has 0 saturated heterocycles. The van der Waals surface area contributed by atoms with E-state index in [1.807, 2.05) is 0 Å². The summed E-state index contributed by atoms with van der Waals surface area (Å²) in [6.45, 7) is 0.334. The number of amides is 1. The van der Waals surface area contributed by atoms with Crippen LogP contribution >= 0.6 is 0 Å². The molecule has 2 atom stereocenters. The number of carbonyl (C=O) groups is 2. The minimum Gasteiger partial charge on any atom is -0.550 e. The molecule has 1 aliphatic carbocycles. The van der Waals surface area contributed by atoms with Gasteiger partial charge < -0.3 is 20.0 Å². The Balaban J connectivity index is 0.00000220. The second-order valence-electron chi connectivity index (χ2n) is 4.78. The Morgan fingerprint density at radius 3 is 2.67 bits per heavy atom. The van der Waals surface area contributed by atoms with Crippen molar-refractivity contribution in [3.05, 3.63) is 29.6 Å². The minimum absolute atomic E-state index is 0. The molecule has 108 valence electrons. The van der Waals surface area contributed by atoms with E-state index < -0.39 is 23.6 Å². The van der Waals surface area contributed by atoms with Crippen LogP contribution in [0.4, 0.5) is 4.39 Å². The molecular formula is C14H15FNNaO4. The van der Waals surface area contributed by atoms with Crippen LogP contribution in [0.3, 0.4) is 0 Å². The fourth-order valence-corrected chi connectivity index (χ4v) is 2.07. The quantitative estimate of drug-likeness (QED) is 0.564. The molecule has 2 rings (SSSR count). The Bertz CT molecular complexity index is 538. The van der Waals surface area contributed by atoms with E-state index in [0.717, 1.165) is 5.56 Å². The number of hydrogen-bond donors (Lipinski definition) is 1. The van der Waals surface area contributed by atoms with Gasteiger partial charge in [0.2, 0.25) is 5.91 Å². The number of carbonyl (C=O) groups excluding carboxylic acids is 2. The Morgan fingerprint density at radius 1 is 1.43 bits per heavy atom. The first-order valence-corrected chi connectivity index (χ1v) is 6.34. The number of carboxylic acid groups (broad SMARTS) is 1. The van der Waals surface area contributed by atoms with Crippen LogP contribution in [0, 0.1) is 17.7 Å². The van der Waals surface area contributed by atoms with Gasteiger partial charge in [0.25, 0.3) is 0 Å². The number of hydrogen-bond acceptors (Lipinski definition) is 4. The van der Waals surface area contributed by atoms with Crippen LogP contribution in [0.25, 0.3) is 0 Å². The first-order chi connectivity index (χ1) is 9.52. The predicted molar refractivity (Wildman–Crippen MR) is 66.3 cm³/mol. The van der Waals surface area contributed by atoms with Crippen LogP contribution in [0.15, 0.2) is 18.2 Å². The van der Waals surface area contributed by atoms with Gasteiger partial charge in [-0.3, -0.25) is 4.79 Å². The molecule has 21 heavy (non-hydrogen) atoms. The molecule has 7 heteroatoms. The van der Waals surface area contributed by atoms with Gasteiger partial charge in [-0.05, 0) is 30.5 Å². The fourth-order valence-electron chi connectivity index (χ4n) is 2.07. The van der Waals surface area contributed by atoms with E-state index in [1.165, 1.54) is 19.2 Å². The number of aliphatic carboxylic acids is 1. The van der Waals surface area contributed by atoms with Crippen LogP contribution in [-0.4, -0.2) is 25.5 Å². The molecule has 0 unspecified atom stereocenters. The molecule has 1 aromatic rings. The molecule has 1 fully saturated rings. The number of carboxylic acids is 1. The molecule has 0 spiro atoms. The molecule has 0 radical (unpaired) electrons. The summed E-state index contributed by atoms with van der Waals surface area (Å²) >= 11 is 0. The van der Waals surface area contributed by atoms with Crippen LogP contribution < -0.4 is 44.7 Å². The first-order valence-electron chi connectivity index (χ1n) is 6.34. The van der Waals surface area contributed by atoms with Gasteiger partial charge in [0.1, 0.15) is 0 Å². The third kappa shape index (κ3) is 4.69. The van der Waals surface area contributed by atoms with E-state index in [0.29, 0.717) is 19.4 Å². The molecule has 0 aliphatic heterocycles. The maximum absolute atomic E-state index is 13.4. The van der Waals surface area contributed by atoms with Crippen LogP contribution in [0.5, 0.6) is 5.75 Å². The van der Waals surface area contributed by atoms with E-state index in [9.17, 15) is 19.1 Å². The Hall–Kier alpha value is -1.11. The van der Waals surface area contributed by atoms with Gasteiger partial charge >= 0.3 is 29.6 Å². The Kier molecular flexibility index (Phi) is 6.64. The smallest absolute Gasteiger partial charge is 0.550 e. The SMILES string of the molecule is COc1ccc(CCNC(=O)[C@@H]2C[C@@H]2C(=O)[O-])cc1F.[Na+]. The summed E-state index contributed by atoms with van der Waals surface area (Å²) in [5.41, 5.74) is 0.732. The summed E-state index contributed by atoms with van der Waals surface area (Å²) in [4.78, 5) is 22.1. The molecule has 1 aliphatic rings. The zero-order valence-electron chi connectivity index (χ0n) is 12.0. The number of methoxy groups -OCH3 is 1. The molecule has 1 amide bonds. The second-order valence-corrected chi connectivity index (χ2v) is 4.78. The van der Waals surface area contributed by atoms with Crippen molar-refractivity contribution < 1.29 is 53.4 Å². The number of halogens is 1.